The van der Waals surface area contributed by atoms with Crippen molar-refractivity contribution >= 4 is 32.6 Å². The number of rotatable bonds is 7. The average molecular weight is 303 g/mol. The molecule has 3 rings (SSSR count). The zero-order valence-electron chi connectivity index (χ0n) is 12.3. The predicted octanol–water partition coefficient (Wildman–Crippen LogP) is 3.36. The zero-order chi connectivity index (χ0) is 14.7. The summed E-state index contributed by atoms with van der Waals surface area (Å²) in [6.45, 7) is 4.68. The van der Waals surface area contributed by atoms with Gasteiger partial charge >= 0.3 is 0 Å². The molecule has 1 N–H and O–H groups in total. The molecule has 0 spiro atoms. The van der Waals surface area contributed by atoms with Crippen molar-refractivity contribution in [3.63, 3.8) is 0 Å². The molecule has 0 bridgehead atoms. The summed E-state index contributed by atoms with van der Waals surface area (Å²) in [6.07, 6.45) is 3.72. The van der Waals surface area contributed by atoms with E-state index in [9.17, 15) is 4.79 Å². The number of nitrogens with one attached hydrogen (secondary N) is 1. The number of benzene rings is 1. The molecule has 1 amide bonds. The molecule has 1 fully saturated rings. The molecule has 2 aromatic rings. The van der Waals surface area contributed by atoms with E-state index < -0.39 is 0 Å². The number of nitrogens with zero attached hydrogens (tertiary/aromatic N) is 2. The Hall–Kier alpha value is -1.46. The van der Waals surface area contributed by atoms with E-state index in [1.165, 1.54) is 24.2 Å². The van der Waals surface area contributed by atoms with E-state index in [0.717, 1.165) is 35.6 Å². The van der Waals surface area contributed by atoms with E-state index in [2.05, 4.69) is 22.1 Å². The van der Waals surface area contributed by atoms with Crippen LogP contribution in [0.1, 0.15) is 26.2 Å². The lowest BCUT2D eigenvalue weighted by molar-refractivity contribution is -0.117. The molecule has 0 aliphatic heterocycles. The first-order valence-electron chi connectivity index (χ1n) is 7.62. The van der Waals surface area contributed by atoms with Crippen LogP contribution in [0.15, 0.2) is 24.3 Å². The normalized spacial score (nSPS) is 14.8. The van der Waals surface area contributed by atoms with Crippen molar-refractivity contribution in [2.24, 2.45) is 5.92 Å². The largest absolute Gasteiger partial charge is 0.301 e. The number of amides is 1. The molecule has 0 saturated heterocycles. The molecule has 5 heteroatoms. The van der Waals surface area contributed by atoms with E-state index in [-0.39, 0.29) is 5.91 Å². The summed E-state index contributed by atoms with van der Waals surface area (Å²) in [5.74, 6) is 0.856. The van der Waals surface area contributed by atoms with Gasteiger partial charge in [0.1, 0.15) is 0 Å². The zero-order valence-corrected chi connectivity index (χ0v) is 13.2. The van der Waals surface area contributed by atoms with Crippen molar-refractivity contribution in [3.8, 4) is 0 Å². The molecule has 21 heavy (non-hydrogen) atoms. The van der Waals surface area contributed by atoms with Crippen LogP contribution >= 0.6 is 11.3 Å². The Morgan fingerprint density at radius 2 is 2.24 bits per heavy atom. The molecule has 1 aromatic carbocycles. The number of hydrogen-bond donors (Lipinski definition) is 1. The maximum atomic E-state index is 12.2. The summed E-state index contributed by atoms with van der Waals surface area (Å²) in [5.41, 5.74) is 0.946. The number of thiazole rings is 1. The SMILES string of the molecule is CCCN(CC(=O)Nc1nc2ccccc2s1)CC1CC1. The van der Waals surface area contributed by atoms with Gasteiger partial charge in [0, 0.05) is 6.54 Å². The van der Waals surface area contributed by atoms with Crippen LogP contribution in [0.2, 0.25) is 0 Å². The number of carbonyl (C=O) groups is 1. The third kappa shape index (κ3) is 4.02. The number of para-hydroxylation sites is 1. The Bertz CT molecular complexity index is 588. The summed E-state index contributed by atoms with van der Waals surface area (Å²) >= 11 is 1.53. The second kappa shape index (κ2) is 6.54. The summed E-state index contributed by atoms with van der Waals surface area (Å²) in [5, 5.41) is 3.64. The van der Waals surface area contributed by atoms with Crippen molar-refractivity contribution in [2.45, 2.75) is 26.2 Å². The molecular formula is C16H21N3OS. The lowest BCUT2D eigenvalue weighted by atomic mass is 10.3. The third-order valence-electron chi connectivity index (χ3n) is 3.66. The monoisotopic (exact) mass is 303 g/mol. The average Bonchev–Trinajstić information content (AvgIpc) is 3.16. The number of carbonyl (C=O) groups excluding carboxylic acids is 1. The van der Waals surface area contributed by atoms with E-state index in [0.29, 0.717) is 11.7 Å². The van der Waals surface area contributed by atoms with Gasteiger partial charge in [0.15, 0.2) is 5.13 Å². The highest BCUT2D eigenvalue weighted by molar-refractivity contribution is 7.22. The van der Waals surface area contributed by atoms with Crippen LogP contribution in [-0.2, 0) is 4.79 Å². The van der Waals surface area contributed by atoms with Crippen LogP contribution in [0, 0.1) is 5.92 Å². The molecule has 0 unspecified atom stereocenters. The maximum Gasteiger partial charge on any atom is 0.240 e. The van der Waals surface area contributed by atoms with Gasteiger partial charge in [-0.3, -0.25) is 9.69 Å². The van der Waals surface area contributed by atoms with Gasteiger partial charge in [-0.2, -0.15) is 0 Å². The maximum absolute atomic E-state index is 12.2. The van der Waals surface area contributed by atoms with Gasteiger partial charge in [0.05, 0.1) is 16.8 Å². The summed E-state index contributed by atoms with van der Waals surface area (Å²) in [7, 11) is 0. The molecular weight excluding hydrogens is 282 g/mol. The van der Waals surface area contributed by atoms with Crippen LogP contribution in [0.4, 0.5) is 5.13 Å². The van der Waals surface area contributed by atoms with Gasteiger partial charge in [0.25, 0.3) is 0 Å². The minimum absolute atomic E-state index is 0.0446. The fourth-order valence-corrected chi connectivity index (χ4v) is 3.39. The van der Waals surface area contributed by atoms with Crippen LogP contribution in [0.3, 0.4) is 0 Å². The highest BCUT2D eigenvalue weighted by atomic mass is 32.1. The van der Waals surface area contributed by atoms with Crippen LogP contribution in [0.25, 0.3) is 10.2 Å². The van der Waals surface area contributed by atoms with Gasteiger partial charge in [-0.05, 0) is 43.9 Å². The molecule has 0 atom stereocenters. The minimum Gasteiger partial charge on any atom is -0.301 e. The van der Waals surface area contributed by atoms with E-state index >= 15 is 0 Å². The first-order chi connectivity index (χ1) is 10.2. The fraction of sp³-hybridized carbons (Fsp3) is 0.500. The second-order valence-corrected chi connectivity index (χ2v) is 6.74. The Balaban J connectivity index is 1.58. The Morgan fingerprint density at radius 1 is 1.43 bits per heavy atom. The van der Waals surface area contributed by atoms with Gasteiger partial charge in [-0.25, -0.2) is 4.98 Å². The molecule has 112 valence electrons. The van der Waals surface area contributed by atoms with Crippen molar-refractivity contribution in [1.82, 2.24) is 9.88 Å². The first-order valence-corrected chi connectivity index (χ1v) is 8.44. The summed E-state index contributed by atoms with van der Waals surface area (Å²) < 4.78 is 1.11. The van der Waals surface area contributed by atoms with Crippen LogP contribution in [0.5, 0.6) is 0 Å². The standard InChI is InChI=1S/C16H21N3OS/c1-2-9-19(10-12-7-8-12)11-15(20)18-16-17-13-5-3-4-6-14(13)21-16/h3-6,12H,2,7-11H2,1H3,(H,17,18,20). The molecule has 0 radical (unpaired) electrons. The van der Waals surface area contributed by atoms with Crippen molar-refractivity contribution in [3.05, 3.63) is 24.3 Å². The predicted molar refractivity (Wildman–Crippen MR) is 87.7 cm³/mol. The smallest absolute Gasteiger partial charge is 0.240 e. The molecule has 1 heterocycles. The van der Waals surface area contributed by atoms with Gasteiger partial charge in [-0.15, -0.1) is 0 Å². The minimum atomic E-state index is 0.0446. The van der Waals surface area contributed by atoms with E-state index in [4.69, 9.17) is 0 Å². The molecule has 4 nitrogen and oxygen atoms in total. The Kier molecular flexibility index (Phi) is 4.51. The van der Waals surface area contributed by atoms with E-state index in [1.807, 2.05) is 24.3 Å². The number of anilines is 1. The van der Waals surface area contributed by atoms with Crippen LogP contribution < -0.4 is 5.32 Å². The van der Waals surface area contributed by atoms with E-state index in [1.54, 1.807) is 0 Å². The molecule has 1 saturated carbocycles. The topological polar surface area (TPSA) is 45.2 Å². The summed E-state index contributed by atoms with van der Waals surface area (Å²) in [6, 6.07) is 7.95. The summed E-state index contributed by atoms with van der Waals surface area (Å²) in [4.78, 5) is 18.9. The highest BCUT2D eigenvalue weighted by Crippen LogP contribution is 2.30. The molecule has 1 aliphatic rings. The van der Waals surface area contributed by atoms with Gasteiger partial charge < -0.3 is 5.32 Å². The Morgan fingerprint density at radius 3 is 2.95 bits per heavy atom. The van der Waals surface area contributed by atoms with Gasteiger partial charge in [0.2, 0.25) is 5.91 Å². The lowest BCUT2D eigenvalue weighted by Crippen LogP contribution is -2.35. The van der Waals surface area contributed by atoms with Crippen LogP contribution in [-0.4, -0.2) is 35.4 Å². The molecule has 1 aliphatic carbocycles. The number of aromatic nitrogens is 1. The molecule has 1 aromatic heterocycles. The number of fused-ring (bicyclic) bond motifs is 1. The van der Waals surface area contributed by atoms with Crippen molar-refractivity contribution < 1.29 is 4.79 Å². The third-order valence-corrected chi connectivity index (χ3v) is 4.61. The fourth-order valence-electron chi connectivity index (χ4n) is 2.50. The highest BCUT2D eigenvalue weighted by Gasteiger charge is 2.25. The Labute approximate surface area is 129 Å². The number of hydrogen-bond acceptors (Lipinski definition) is 4. The first kappa shape index (κ1) is 14.5. The van der Waals surface area contributed by atoms with Crippen molar-refractivity contribution in [1.29, 1.82) is 0 Å². The van der Waals surface area contributed by atoms with Gasteiger partial charge in [-0.1, -0.05) is 30.4 Å². The second-order valence-electron chi connectivity index (χ2n) is 5.71. The quantitative estimate of drug-likeness (QED) is 0.853. The lowest BCUT2D eigenvalue weighted by Gasteiger charge is -2.20. The van der Waals surface area contributed by atoms with Crippen molar-refractivity contribution in [2.75, 3.05) is 25.0 Å².